The van der Waals surface area contributed by atoms with Crippen LogP contribution in [0.1, 0.15) is 18.2 Å². The van der Waals surface area contributed by atoms with Crippen molar-refractivity contribution in [1.82, 2.24) is 10.6 Å². The van der Waals surface area contributed by atoms with Crippen molar-refractivity contribution in [2.45, 2.75) is 19.5 Å². The molecule has 5 nitrogen and oxygen atoms in total. The van der Waals surface area contributed by atoms with E-state index in [4.69, 9.17) is 9.15 Å². The first kappa shape index (κ1) is 16.8. The summed E-state index contributed by atoms with van der Waals surface area (Å²) in [7, 11) is 0. The lowest BCUT2D eigenvalue weighted by molar-refractivity contribution is -0.122. The van der Waals surface area contributed by atoms with Crippen molar-refractivity contribution in [3.8, 4) is 5.75 Å². The first-order valence-electron chi connectivity index (χ1n) is 7.77. The number of halogens is 1. The van der Waals surface area contributed by atoms with Crippen molar-refractivity contribution in [1.29, 1.82) is 0 Å². The molecular weight excluding hydrogens is 372 g/mol. The molecule has 0 radical (unpaired) electrons. The van der Waals surface area contributed by atoms with Gasteiger partial charge in [0.25, 0.3) is 0 Å². The zero-order valence-electron chi connectivity index (χ0n) is 13.3. The molecule has 0 saturated heterocycles. The summed E-state index contributed by atoms with van der Waals surface area (Å²) < 4.78 is 12.0. The van der Waals surface area contributed by atoms with Crippen LogP contribution >= 0.6 is 15.9 Å². The number of nitrogens with one attached hydrogen (secondary N) is 2. The van der Waals surface area contributed by atoms with Crippen LogP contribution in [0.4, 0.5) is 0 Å². The Labute approximate surface area is 149 Å². The Bertz CT molecular complexity index is 741. The van der Waals surface area contributed by atoms with E-state index in [1.807, 2.05) is 31.2 Å². The Balaban J connectivity index is 1.50. The van der Waals surface area contributed by atoms with Crippen LogP contribution in [0.2, 0.25) is 0 Å². The maximum absolute atomic E-state index is 12.1. The number of fused-ring (bicyclic) bond motifs is 1. The van der Waals surface area contributed by atoms with Crippen molar-refractivity contribution in [3.05, 3.63) is 58.0 Å². The van der Waals surface area contributed by atoms with E-state index in [1.54, 1.807) is 12.3 Å². The summed E-state index contributed by atoms with van der Waals surface area (Å²) in [6.45, 7) is 3.36. The molecule has 126 valence electrons. The van der Waals surface area contributed by atoms with Gasteiger partial charge in [-0.15, -0.1) is 0 Å². The van der Waals surface area contributed by atoms with Gasteiger partial charge in [0, 0.05) is 16.6 Å². The van der Waals surface area contributed by atoms with Crippen molar-refractivity contribution in [3.63, 3.8) is 0 Å². The second-order valence-electron chi connectivity index (χ2n) is 5.67. The lowest BCUT2D eigenvalue weighted by Gasteiger charge is -2.20. The SMILES string of the molecule is CC(NCC1=Cc2cc(Br)ccc2OC1)C(=O)NCc1ccco1. The first-order valence-corrected chi connectivity index (χ1v) is 8.56. The van der Waals surface area contributed by atoms with E-state index in [9.17, 15) is 4.79 Å². The molecule has 1 unspecified atom stereocenters. The highest BCUT2D eigenvalue weighted by Gasteiger charge is 2.15. The molecular formula is C18H19BrN2O3. The summed E-state index contributed by atoms with van der Waals surface area (Å²) in [5.74, 6) is 1.55. The number of hydrogen-bond acceptors (Lipinski definition) is 4. The molecule has 3 rings (SSSR count). The Morgan fingerprint density at radius 2 is 2.21 bits per heavy atom. The van der Waals surface area contributed by atoms with E-state index in [1.165, 1.54) is 0 Å². The number of rotatable bonds is 6. The van der Waals surface area contributed by atoms with Gasteiger partial charge in [-0.1, -0.05) is 15.9 Å². The minimum Gasteiger partial charge on any atom is -0.489 e. The lowest BCUT2D eigenvalue weighted by Crippen LogP contribution is -2.42. The van der Waals surface area contributed by atoms with Crippen LogP contribution in [0.15, 0.2) is 51.1 Å². The highest BCUT2D eigenvalue weighted by molar-refractivity contribution is 9.10. The largest absolute Gasteiger partial charge is 0.489 e. The molecule has 0 bridgehead atoms. The van der Waals surface area contributed by atoms with Crippen LogP contribution in [-0.2, 0) is 11.3 Å². The average Bonchev–Trinajstić information content (AvgIpc) is 3.10. The fraction of sp³-hybridized carbons (Fsp3) is 0.278. The molecule has 1 atom stereocenters. The van der Waals surface area contributed by atoms with Gasteiger partial charge in [-0.2, -0.15) is 0 Å². The summed E-state index contributed by atoms with van der Waals surface area (Å²) >= 11 is 3.46. The molecule has 2 aromatic rings. The fourth-order valence-electron chi connectivity index (χ4n) is 2.42. The second-order valence-corrected chi connectivity index (χ2v) is 6.59. The standard InChI is InChI=1S/C18H19BrN2O3/c1-12(18(22)21-10-16-3-2-6-23-16)20-9-13-7-14-8-15(19)4-5-17(14)24-11-13/h2-8,12,20H,9-11H2,1H3,(H,21,22). The fourth-order valence-corrected chi connectivity index (χ4v) is 2.79. The first-order chi connectivity index (χ1) is 11.6. The zero-order valence-corrected chi connectivity index (χ0v) is 14.9. The molecule has 1 aromatic carbocycles. The highest BCUT2D eigenvalue weighted by Crippen LogP contribution is 2.28. The Hall–Kier alpha value is -2.05. The smallest absolute Gasteiger partial charge is 0.237 e. The average molecular weight is 391 g/mol. The Morgan fingerprint density at radius 3 is 3.00 bits per heavy atom. The summed E-state index contributed by atoms with van der Waals surface area (Å²) in [5.41, 5.74) is 2.15. The van der Waals surface area contributed by atoms with Crippen LogP contribution in [-0.4, -0.2) is 25.1 Å². The van der Waals surface area contributed by atoms with Crippen LogP contribution in [0.25, 0.3) is 6.08 Å². The van der Waals surface area contributed by atoms with Crippen molar-refractivity contribution in [2.24, 2.45) is 0 Å². The summed E-state index contributed by atoms with van der Waals surface area (Å²) in [6.07, 6.45) is 3.69. The maximum Gasteiger partial charge on any atom is 0.237 e. The number of amides is 1. The van der Waals surface area contributed by atoms with Crippen molar-refractivity contribution < 1.29 is 13.9 Å². The van der Waals surface area contributed by atoms with Gasteiger partial charge in [-0.05, 0) is 48.9 Å². The molecule has 0 spiro atoms. The number of furan rings is 1. The predicted molar refractivity (Wildman–Crippen MR) is 95.6 cm³/mol. The number of hydrogen-bond donors (Lipinski definition) is 2. The topological polar surface area (TPSA) is 63.5 Å². The minimum atomic E-state index is -0.301. The van der Waals surface area contributed by atoms with Crippen LogP contribution in [0.3, 0.4) is 0 Å². The number of benzene rings is 1. The number of carbonyl (C=O) groups is 1. The molecule has 24 heavy (non-hydrogen) atoms. The van der Waals surface area contributed by atoms with E-state index >= 15 is 0 Å². The quantitative estimate of drug-likeness (QED) is 0.795. The Morgan fingerprint density at radius 1 is 1.33 bits per heavy atom. The monoisotopic (exact) mass is 390 g/mol. The molecule has 0 saturated carbocycles. The summed E-state index contributed by atoms with van der Waals surface area (Å²) in [5, 5.41) is 6.07. The third-order valence-electron chi connectivity index (χ3n) is 3.79. The van der Waals surface area contributed by atoms with Gasteiger partial charge in [0.05, 0.1) is 18.8 Å². The molecule has 1 aliphatic rings. The van der Waals surface area contributed by atoms with Gasteiger partial charge in [0.15, 0.2) is 0 Å². The predicted octanol–water partition coefficient (Wildman–Crippen LogP) is 3.11. The normalized spacial score (nSPS) is 14.3. The summed E-state index contributed by atoms with van der Waals surface area (Å²) in [4.78, 5) is 12.1. The van der Waals surface area contributed by atoms with E-state index in [2.05, 4.69) is 32.6 Å². The number of carbonyl (C=O) groups excluding carboxylic acids is 1. The third-order valence-corrected chi connectivity index (χ3v) is 4.28. The van der Waals surface area contributed by atoms with Gasteiger partial charge in [-0.25, -0.2) is 0 Å². The van der Waals surface area contributed by atoms with Crippen molar-refractivity contribution in [2.75, 3.05) is 13.2 Å². The molecule has 1 amide bonds. The number of ether oxygens (including phenoxy) is 1. The molecule has 6 heteroatoms. The van der Waals surface area contributed by atoms with Crippen molar-refractivity contribution >= 4 is 27.9 Å². The lowest BCUT2D eigenvalue weighted by atomic mass is 10.1. The molecule has 1 aromatic heterocycles. The van der Waals surface area contributed by atoms with Crippen LogP contribution in [0.5, 0.6) is 5.75 Å². The zero-order chi connectivity index (χ0) is 16.9. The van der Waals surface area contributed by atoms with Gasteiger partial charge in [-0.3, -0.25) is 4.79 Å². The summed E-state index contributed by atoms with van der Waals surface area (Å²) in [6, 6.07) is 9.26. The maximum atomic E-state index is 12.1. The van der Waals surface area contributed by atoms with Gasteiger partial charge >= 0.3 is 0 Å². The highest BCUT2D eigenvalue weighted by atomic mass is 79.9. The molecule has 1 aliphatic heterocycles. The van der Waals surface area contributed by atoms with E-state index < -0.39 is 0 Å². The van der Waals surface area contributed by atoms with Crippen LogP contribution < -0.4 is 15.4 Å². The van der Waals surface area contributed by atoms with Gasteiger partial charge in [0.2, 0.25) is 5.91 Å². The van der Waals surface area contributed by atoms with E-state index in [0.29, 0.717) is 19.7 Å². The van der Waals surface area contributed by atoms with Gasteiger partial charge in [0.1, 0.15) is 18.1 Å². The molecule has 0 aliphatic carbocycles. The minimum absolute atomic E-state index is 0.0631. The molecule has 2 N–H and O–H groups in total. The molecule has 2 heterocycles. The van der Waals surface area contributed by atoms with E-state index in [-0.39, 0.29) is 11.9 Å². The Kier molecular flexibility index (Phi) is 5.37. The van der Waals surface area contributed by atoms with Crippen LogP contribution in [0, 0.1) is 0 Å². The second kappa shape index (κ2) is 7.68. The van der Waals surface area contributed by atoms with E-state index in [0.717, 1.165) is 27.1 Å². The third kappa shape index (κ3) is 4.27. The van der Waals surface area contributed by atoms with Gasteiger partial charge < -0.3 is 19.8 Å². The molecule has 0 fully saturated rings.